The highest BCUT2D eigenvalue weighted by Crippen LogP contribution is 2.26. The molecule has 0 unspecified atom stereocenters. The fraction of sp³-hybridized carbons (Fsp3) is 0.190. The summed E-state index contributed by atoms with van der Waals surface area (Å²) in [5.41, 5.74) is 4.65. The van der Waals surface area contributed by atoms with Gasteiger partial charge in [0.05, 0.1) is 5.69 Å². The van der Waals surface area contributed by atoms with Gasteiger partial charge >= 0.3 is 0 Å². The van der Waals surface area contributed by atoms with E-state index in [0.717, 1.165) is 35.2 Å². The topological polar surface area (TPSA) is 24.9 Å². The molecular formula is C21H23FN2. The average molecular weight is 322 g/mol. The molecule has 0 aliphatic rings. The van der Waals surface area contributed by atoms with Crippen molar-refractivity contribution in [3.8, 4) is 11.1 Å². The fourth-order valence-electron chi connectivity index (χ4n) is 2.27. The molecule has 3 heteroatoms. The van der Waals surface area contributed by atoms with Crippen LogP contribution in [-0.2, 0) is 0 Å². The first kappa shape index (κ1) is 17.7. The molecule has 0 aliphatic carbocycles. The molecule has 1 heterocycles. The van der Waals surface area contributed by atoms with Crippen molar-refractivity contribution < 1.29 is 4.39 Å². The SMILES string of the molecule is C=CC(=C)Nc1ccc(-c2cnc(C)c(/C=C\CCC)c2)cc1F. The van der Waals surface area contributed by atoms with Gasteiger partial charge in [0.15, 0.2) is 0 Å². The van der Waals surface area contributed by atoms with E-state index >= 15 is 0 Å². The van der Waals surface area contributed by atoms with E-state index in [9.17, 15) is 4.39 Å². The number of allylic oxidation sites excluding steroid dienone is 2. The van der Waals surface area contributed by atoms with Crippen LogP contribution in [0.3, 0.4) is 0 Å². The van der Waals surface area contributed by atoms with E-state index < -0.39 is 0 Å². The molecule has 0 aliphatic heterocycles. The van der Waals surface area contributed by atoms with Crippen LogP contribution in [0, 0.1) is 12.7 Å². The van der Waals surface area contributed by atoms with Gasteiger partial charge in [-0.15, -0.1) is 0 Å². The molecule has 2 aromatic rings. The Hall–Kier alpha value is -2.68. The number of rotatable bonds is 7. The van der Waals surface area contributed by atoms with E-state index in [0.29, 0.717) is 11.4 Å². The first-order chi connectivity index (χ1) is 11.5. The van der Waals surface area contributed by atoms with Gasteiger partial charge in [-0.2, -0.15) is 0 Å². The lowest BCUT2D eigenvalue weighted by Crippen LogP contribution is -1.98. The molecule has 0 atom stereocenters. The van der Waals surface area contributed by atoms with Crippen molar-refractivity contribution in [3.05, 3.63) is 78.5 Å². The molecule has 2 rings (SSSR count). The van der Waals surface area contributed by atoms with Gasteiger partial charge in [-0.3, -0.25) is 4.98 Å². The lowest BCUT2D eigenvalue weighted by molar-refractivity contribution is 0.632. The number of aromatic nitrogens is 1. The second kappa shape index (κ2) is 8.25. The van der Waals surface area contributed by atoms with Crippen molar-refractivity contribution in [1.82, 2.24) is 4.98 Å². The molecule has 24 heavy (non-hydrogen) atoms. The molecule has 0 fully saturated rings. The van der Waals surface area contributed by atoms with Crippen LogP contribution in [0.4, 0.5) is 10.1 Å². The third-order valence-electron chi connectivity index (χ3n) is 3.72. The predicted molar refractivity (Wildman–Crippen MR) is 101 cm³/mol. The Morgan fingerprint density at radius 3 is 2.75 bits per heavy atom. The molecule has 0 spiro atoms. The first-order valence-corrected chi connectivity index (χ1v) is 8.06. The van der Waals surface area contributed by atoms with Gasteiger partial charge in [0.25, 0.3) is 0 Å². The van der Waals surface area contributed by atoms with Crippen LogP contribution in [0.25, 0.3) is 17.2 Å². The van der Waals surface area contributed by atoms with Crippen molar-refractivity contribution in [2.75, 3.05) is 5.32 Å². The van der Waals surface area contributed by atoms with Gasteiger partial charge in [-0.05, 0) is 48.7 Å². The molecular weight excluding hydrogens is 299 g/mol. The van der Waals surface area contributed by atoms with E-state index in [1.807, 2.05) is 19.1 Å². The number of anilines is 1. The standard InChI is InChI=1S/C21H23FN2/c1-5-7-8-9-17-12-19(14-23-16(17)4)18-10-11-21(20(22)13-18)24-15(3)6-2/h6,8-14,24H,2-3,5,7H2,1,4H3/b9-8-. The first-order valence-electron chi connectivity index (χ1n) is 8.06. The highest BCUT2D eigenvalue weighted by atomic mass is 19.1. The molecule has 1 aromatic carbocycles. The zero-order chi connectivity index (χ0) is 17.5. The summed E-state index contributed by atoms with van der Waals surface area (Å²) in [6.45, 7) is 11.5. The second-order valence-electron chi connectivity index (χ2n) is 5.64. The number of aryl methyl sites for hydroxylation is 1. The number of nitrogens with one attached hydrogen (secondary N) is 1. The van der Waals surface area contributed by atoms with E-state index in [2.05, 4.69) is 42.5 Å². The molecule has 1 aromatic heterocycles. The summed E-state index contributed by atoms with van der Waals surface area (Å²) in [5, 5.41) is 2.88. The highest BCUT2D eigenvalue weighted by Gasteiger charge is 2.07. The Labute approximate surface area is 143 Å². The van der Waals surface area contributed by atoms with E-state index in [1.165, 1.54) is 6.07 Å². The van der Waals surface area contributed by atoms with Gasteiger partial charge in [0.1, 0.15) is 5.82 Å². The maximum absolute atomic E-state index is 14.3. The van der Waals surface area contributed by atoms with E-state index in [1.54, 1.807) is 18.3 Å². The van der Waals surface area contributed by atoms with Crippen molar-refractivity contribution in [1.29, 1.82) is 0 Å². The molecule has 0 bridgehead atoms. The van der Waals surface area contributed by atoms with Crippen LogP contribution in [0.2, 0.25) is 0 Å². The third-order valence-corrected chi connectivity index (χ3v) is 3.72. The molecule has 0 saturated carbocycles. The minimum Gasteiger partial charge on any atom is -0.354 e. The molecule has 2 nitrogen and oxygen atoms in total. The molecule has 0 saturated heterocycles. The smallest absolute Gasteiger partial charge is 0.147 e. The Morgan fingerprint density at radius 1 is 1.29 bits per heavy atom. The zero-order valence-corrected chi connectivity index (χ0v) is 14.3. The van der Waals surface area contributed by atoms with Crippen LogP contribution >= 0.6 is 0 Å². The van der Waals surface area contributed by atoms with Crippen molar-refractivity contribution >= 4 is 11.8 Å². The second-order valence-corrected chi connectivity index (χ2v) is 5.64. The minimum atomic E-state index is -0.334. The van der Waals surface area contributed by atoms with Crippen LogP contribution in [0.1, 0.15) is 31.0 Å². The van der Waals surface area contributed by atoms with Gasteiger partial charge in [-0.25, -0.2) is 4.39 Å². The van der Waals surface area contributed by atoms with Gasteiger partial charge < -0.3 is 5.32 Å². The summed E-state index contributed by atoms with van der Waals surface area (Å²) in [6, 6.07) is 7.11. The summed E-state index contributed by atoms with van der Waals surface area (Å²) >= 11 is 0. The van der Waals surface area contributed by atoms with Gasteiger partial charge in [0, 0.05) is 23.2 Å². The maximum atomic E-state index is 14.3. The lowest BCUT2D eigenvalue weighted by Gasteiger charge is -2.10. The quantitative estimate of drug-likeness (QED) is 0.621. The summed E-state index contributed by atoms with van der Waals surface area (Å²) < 4.78 is 14.3. The van der Waals surface area contributed by atoms with E-state index in [-0.39, 0.29) is 5.82 Å². The highest BCUT2D eigenvalue weighted by molar-refractivity contribution is 5.69. The molecule has 124 valence electrons. The van der Waals surface area contributed by atoms with Gasteiger partial charge in [-0.1, -0.05) is 44.7 Å². The Bertz CT molecular complexity index is 775. The monoisotopic (exact) mass is 322 g/mol. The number of halogens is 1. The fourth-order valence-corrected chi connectivity index (χ4v) is 2.27. The minimum absolute atomic E-state index is 0.334. The largest absolute Gasteiger partial charge is 0.354 e. The zero-order valence-electron chi connectivity index (χ0n) is 14.3. The average Bonchev–Trinajstić information content (AvgIpc) is 2.58. The van der Waals surface area contributed by atoms with Crippen LogP contribution < -0.4 is 5.32 Å². The number of unbranched alkanes of at least 4 members (excludes halogenated alkanes) is 1. The Morgan fingerprint density at radius 2 is 2.08 bits per heavy atom. The van der Waals surface area contributed by atoms with Crippen molar-refractivity contribution in [2.24, 2.45) is 0 Å². The summed E-state index contributed by atoms with van der Waals surface area (Å²) in [5.74, 6) is -0.334. The van der Waals surface area contributed by atoms with E-state index in [4.69, 9.17) is 0 Å². The summed E-state index contributed by atoms with van der Waals surface area (Å²) in [4.78, 5) is 4.43. The summed E-state index contributed by atoms with van der Waals surface area (Å²) in [6.07, 6.45) is 9.69. The van der Waals surface area contributed by atoms with Crippen molar-refractivity contribution in [2.45, 2.75) is 26.7 Å². The van der Waals surface area contributed by atoms with Crippen LogP contribution in [0.5, 0.6) is 0 Å². The van der Waals surface area contributed by atoms with Crippen LogP contribution in [-0.4, -0.2) is 4.98 Å². The normalized spacial score (nSPS) is 10.8. The lowest BCUT2D eigenvalue weighted by atomic mass is 10.0. The Balaban J connectivity index is 2.31. The molecule has 0 radical (unpaired) electrons. The summed E-state index contributed by atoms with van der Waals surface area (Å²) in [7, 11) is 0. The number of hydrogen-bond acceptors (Lipinski definition) is 2. The molecule has 1 N–H and O–H groups in total. The third kappa shape index (κ3) is 4.42. The van der Waals surface area contributed by atoms with Crippen molar-refractivity contribution in [3.63, 3.8) is 0 Å². The predicted octanol–water partition coefficient (Wildman–Crippen LogP) is 6.12. The van der Waals surface area contributed by atoms with Crippen LogP contribution in [0.15, 0.2) is 61.5 Å². The number of benzene rings is 1. The number of hydrogen-bond donors (Lipinski definition) is 1. The number of pyridine rings is 1. The molecule has 0 amide bonds. The van der Waals surface area contributed by atoms with Gasteiger partial charge in [0.2, 0.25) is 0 Å². The number of nitrogens with zero attached hydrogens (tertiary/aromatic N) is 1. The Kier molecular flexibility index (Phi) is 6.07. The maximum Gasteiger partial charge on any atom is 0.147 e.